The molecule has 4 rings (SSSR count). The molecule has 2 aromatic carbocycles. The van der Waals surface area contributed by atoms with Gasteiger partial charge in [0.1, 0.15) is 0 Å². The molecular formula is C24H29N3O6S3. The standard InChI is InChI=1S/C24H29N3O6S3/c1-17(2)36(31,32)19-6-4-18(5-7-19)23(28)27(11-10-26-12-14-33-15-13-26)24-25-21-9-8-20(35(3,29)30)16-22(21)34-24/h4-9,16-17H,10-15H2,1-3H3. The summed E-state index contributed by atoms with van der Waals surface area (Å²) in [7, 11) is -6.83. The normalized spacial score (nSPS) is 15.4. The van der Waals surface area contributed by atoms with E-state index in [1.807, 2.05) is 0 Å². The molecule has 36 heavy (non-hydrogen) atoms. The predicted octanol–water partition coefficient (Wildman–Crippen LogP) is 2.86. The van der Waals surface area contributed by atoms with Gasteiger partial charge in [-0.3, -0.25) is 14.6 Å². The first-order chi connectivity index (χ1) is 17.0. The maximum absolute atomic E-state index is 13.6. The van der Waals surface area contributed by atoms with Crippen molar-refractivity contribution in [3.05, 3.63) is 48.0 Å². The SMILES string of the molecule is CC(C)S(=O)(=O)c1ccc(C(=O)N(CCN2CCOCC2)c2nc3ccc(S(C)(=O)=O)cc3s2)cc1. The Bertz CT molecular complexity index is 1460. The topological polar surface area (TPSA) is 114 Å². The molecule has 2 heterocycles. The van der Waals surface area contributed by atoms with Crippen LogP contribution in [0.25, 0.3) is 10.2 Å². The number of morpholine rings is 1. The van der Waals surface area contributed by atoms with Crippen molar-refractivity contribution >= 4 is 52.3 Å². The number of rotatable bonds is 8. The highest BCUT2D eigenvalue weighted by Crippen LogP contribution is 2.31. The lowest BCUT2D eigenvalue weighted by Gasteiger charge is -2.29. The van der Waals surface area contributed by atoms with Crippen molar-refractivity contribution in [1.82, 2.24) is 9.88 Å². The third-order valence-corrected chi connectivity index (χ3v) is 10.4. The minimum absolute atomic E-state index is 0.169. The number of anilines is 1. The third kappa shape index (κ3) is 5.78. The number of ether oxygens (including phenoxy) is 1. The lowest BCUT2D eigenvalue weighted by molar-refractivity contribution is 0.0391. The third-order valence-electron chi connectivity index (χ3n) is 6.05. The maximum Gasteiger partial charge on any atom is 0.260 e. The first kappa shape index (κ1) is 26.7. The van der Waals surface area contributed by atoms with Crippen molar-refractivity contribution in [2.75, 3.05) is 50.5 Å². The average Bonchev–Trinajstić information content (AvgIpc) is 3.27. The molecule has 3 aromatic rings. The summed E-state index contributed by atoms with van der Waals surface area (Å²) in [6.45, 7) is 7.00. The molecule has 1 saturated heterocycles. The predicted molar refractivity (Wildman–Crippen MR) is 140 cm³/mol. The van der Waals surface area contributed by atoms with Gasteiger partial charge in [-0.2, -0.15) is 0 Å². The van der Waals surface area contributed by atoms with Crippen molar-refractivity contribution < 1.29 is 26.4 Å². The van der Waals surface area contributed by atoms with Gasteiger partial charge in [0, 0.05) is 38.0 Å². The van der Waals surface area contributed by atoms with E-state index in [-0.39, 0.29) is 15.7 Å². The smallest absolute Gasteiger partial charge is 0.260 e. The number of hydrogen-bond acceptors (Lipinski definition) is 9. The average molecular weight is 552 g/mol. The first-order valence-electron chi connectivity index (χ1n) is 11.5. The Morgan fingerprint density at radius 3 is 2.31 bits per heavy atom. The summed E-state index contributed by atoms with van der Waals surface area (Å²) in [5, 5.41) is -0.114. The summed E-state index contributed by atoms with van der Waals surface area (Å²) in [6.07, 6.45) is 1.15. The second-order valence-electron chi connectivity index (χ2n) is 8.93. The van der Waals surface area contributed by atoms with E-state index in [1.165, 1.54) is 41.7 Å². The zero-order chi connectivity index (χ0) is 26.1. The van der Waals surface area contributed by atoms with Crippen LogP contribution in [0.5, 0.6) is 0 Å². The lowest BCUT2D eigenvalue weighted by atomic mass is 10.2. The number of amides is 1. The summed E-state index contributed by atoms with van der Waals surface area (Å²) in [6, 6.07) is 10.7. The van der Waals surface area contributed by atoms with Crippen LogP contribution in [0.3, 0.4) is 0 Å². The minimum atomic E-state index is -3.45. The highest BCUT2D eigenvalue weighted by Gasteiger charge is 2.25. The molecule has 0 bridgehead atoms. The van der Waals surface area contributed by atoms with Crippen LogP contribution in [0, 0.1) is 0 Å². The van der Waals surface area contributed by atoms with Gasteiger partial charge in [-0.25, -0.2) is 21.8 Å². The number of carbonyl (C=O) groups is 1. The molecule has 1 aliphatic rings. The Labute approximate surface area is 215 Å². The molecule has 0 atom stereocenters. The number of fused-ring (bicyclic) bond motifs is 1. The highest BCUT2D eigenvalue weighted by atomic mass is 32.2. The van der Waals surface area contributed by atoms with Crippen LogP contribution in [0.15, 0.2) is 52.3 Å². The van der Waals surface area contributed by atoms with E-state index < -0.39 is 24.9 Å². The molecular weight excluding hydrogens is 522 g/mol. The second-order valence-corrected chi connectivity index (χ2v) is 14.5. The fraction of sp³-hybridized carbons (Fsp3) is 0.417. The van der Waals surface area contributed by atoms with Gasteiger partial charge in [-0.1, -0.05) is 11.3 Å². The van der Waals surface area contributed by atoms with E-state index in [4.69, 9.17) is 4.74 Å². The Balaban J connectivity index is 1.67. The first-order valence-corrected chi connectivity index (χ1v) is 15.8. The number of hydrogen-bond donors (Lipinski definition) is 0. The Morgan fingerprint density at radius 1 is 1.06 bits per heavy atom. The number of aromatic nitrogens is 1. The molecule has 194 valence electrons. The molecule has 12 heteroatoms. The summed E-state index contributed by atoms with van der Waals surface area (Å²) in [4.78, 5) is 22.4. The highest BCUT2D eigenvalue weighted by molar-refractivity contribution is 7.92. The van der Waals surface area contributed by atoms with Crippen LogP contribution >= 0.6 is 11.3 Å². The largest absolute Gasteiger partial charge is 0.379 e. The molecule has 0 aliphatic carbocycles. The van der Waals surface area contributed by atoms with E-state index in [9.17, 15) is 21.6 Å². The molecule has 0 saturated carbocycles. The van der Waals surface area contributed by atoms with Crippen LogP contribution in [0.4, 0.5) is 5.13 Å². The van der Waals surface area contributed by atoms with Crippen molar-refractivity contribution in [2.24, 2.45) is 0 Å². The van der Waals surface area contributed by atoms with Crippen LogP contribution in [0.1, 0.15) is 24.2 Å². The van der Waals surface area contributed by atoms with Crippen molar-refractivity contribution in [3.8, 4) is 0 Å². The molecule has 0 spiro atoms. The lowest BCUT2D eigenvalue weighted by Crippen LogP contribution is -2.43. The molecule has 0 unspecified atom stereocenters. The number of carbonyl (C=O) groups excluding carboxylic acids is 1. The maximum atomic E-state index is 13.6. The van der Waals surface area contributed by atoms with Gasteiger partial charge in [-0.15, -0.1) is 0 Å². The summed E-state index contributed by atoms with van der Waals surface area (Å²) in [5.74, 6) is -0.306. The van der Waals surface area contributed by atoms with Gasteiger partial charge in [0.25, 0.3) is 5.91 Å². The number of sulfone groups is 2. The van der Waals surface area contributed by atoms with Gasteiger partial charge in [-0.05, 0) is 56.3 Å². The van der Waals surface area contributed by atoms with Gasteiger partial charge < -0.3 is 4.74 Å². The molecule has 9 nitrogen and oxygen atoms in total. The van der Waals surface area contributed by atoms with Crippen molar-refractivity contribution in [2.45, 2.75) is 28.9 Å². The van der Waals surface area contributed by atoms with E-state index in [0.29, 0.717) is 47.2 Å². The van der Waals surface area contributed by atoms with E-state index in [0.717, 1.165) is 19.3 Å². The molecule has 0 radical (unpaired) electrons. The van der Waals surface area contributed by atoms with E-state index >= 15 is 0 Å². The molecule has 1 amide bonds. The van der Waals surface area contributed by atoms with Crippen LogP contribution in [-0.2, 0) is 24.4 Å². The zero-order valence-electron chi connectivity index (χ0n) is 20.4. The van der Waals surface area contributed by atoms with Crippen molar-refractivity contribution in [1.29, 1.82) is 0 Å². The number of thiazole rings is 1. The monoisotopic (exact) mass is 551 g/mol. The zero-order valence-corrected chi connectivity index (χ0v) is 22.8. The van der Waals surface area contributed by atoms with Crippen LogP contribution in [0.2, 0.25) is 0 Å². The number of nitrogens with zero attached hydrogens (tertiary/aromatic N) is 3. The van der Waals surface area contributed by atoms with Gasteiger partial charge in [0.2, 0.25) is 0 Å². The minimum Gasteiger partial charge on any atom is -0.379 e. The summed E-state index contributed by atoms with van der Waals surface area (Å²) < 4.78 is 55.0. The molecule has 1 aromatic heterocycles. The summed E-state index contributed by atoms with van der Waals surface area (Å²) in [5.41, 5.74) is 0.945. The van der Waals surface area contributed by atoms with Crippen molar-refractivity contribution in [3.63, 3.8) is 0 Å². The Hall–Kier alpha value is -2.38. The summed E-state index contributed by atoms with van der Waals surface area (Å²) >= 11 is 1.25. The molecule has 0 N–H and O–H groups in total. The Kier molecular flexibility index (Phi) is 7.81. The fourth-order valence-corrected chi connectivity index (χ4v) is 6.62. The van der Waals surface area contributed by atoms with Gasteiger partial charge in [0.05, 0.1) is 38.5 Å². The van der Waals surface area contributed by atoms with Crippen LogP contribution < -0.4 is 4.90 Å². The molecule has 1 fully saturated rings. The van der Waals surface area contributed by atoms with E-state index in [2.05, 4.69) is 9.88 Å². The number of benzene rings is 2. The van der Waals surface area contributed by atoms with E-state index in [1.54, 1.807) is 30.9 Å². The van der Waals surface area contributed by atoms with Crippen LogP contribution in [-0.4, -0.2) is 83.5 Å². The molecule has 1 aliphatic heterocycles. The van der Waals surface area contributed by atoms with Gasteiger partial charge >= 0.3 is 0 Å². The second kappa shape index (κ2) is 10.5. The van der Waals surface area contributed by atoms with Gasteiger partial charge in [0.15, 0.2) is 24.8 Å². The quantitative estimate of drug-likeness (QED) is 0.420. The fourth-order valence-electron chi connectivity index (χ4n) is 3.80. The Morgan fingerprint density at radius 2 is 1.69 bits per heavy atom.